The quantitative estimate of drug-likeness (QED) is 0.561. The highest BCUT2D eigenvalue weighted by Gasteiger charge is 2.25. The van der Waals surface area contributed by atoms with Crippen LogP contribution in [-0.2, 0) is 13.1 Å². The normalized spacial score (nSPS) is 17.2. The summed E-state index contributed by atoms with van der Waals surface area (Å²) in [6, 6.07) is 21.4. The third-order valence-electron chi connectivity index (χ3n) is 4.84. The van der Waals surface area contributed by atoms with Gasteiger partial charge in [-0.05, 0) is 34.9 Å². The molecule has 3 heteroatoms. The van der Waals surface area contributed by atoms with Gasteiger partial charge < -0.3 is 4.98 Å². The van der Waals surface area contributed by atoms with Gasteiger partial charge in [0.1, 0.15) is 0 Å². The Morgan fingerprint density at radius 2 is 1.88 bits per heavy atom. The molecule has 2 heterocycles. The maximum absolute atomic E-state index is 4.07. The van der Waals surface area contributed by atoms with E-state index in [0.717, 1.165) is 24.1 Å². The lowest BCUT2D eigenvalue weighted by atomic mass is 9.96. The molecule has 4 rings (SSSR count). The number of aromatic nitrogens is 1. The second-order valence-corrected chi connectivity index (χ2v) is 7.54. The first-order valence-corrected chi connectivity index (χ1v) is 9.39. The number of nitrogens with one attached hydrogen (secondary N) is 1. The van der Waals surface area contributed by atoms with Gasteiger partial charge in [0.05, 0.1) is 0 Å². The van der Waals surface area contributed by atoms with Gasteiger partial charge in [0.25, 0.3) is 0 Å². The Morgan fingerprint density at radius 1 is 1.12 bits per heavy atom. The SMILES string of the molecule is C=CC1CN(Cc2ccccc2)Cc2cc(-c3ccc(Br)cc3)[nH]c21. The summed E-state index contributed by atoms with van der Waals surface area (Å²) in [6.07, 6.45) is 2.07. The van der Waals surface area contributed by atoms with Crippen molar-refractivity contribution in [1.82, 2.24) is 9.88 Å². The molecule has 1 unspecified atom stereocenters. The van der Waals surface area contributed by atoms with Crippen molar-refractivity contribution in [2.24, 2.45) is 0 Å². The maximum atomic E-state index is 4.07. The standard InChI is InChI=1S/C22H21BrN2/c1-2-17-14-25(13-16-6-4-3-5-7-16)15-19-12-21(24-22(17)19)18-8-10-20(23)11-9-18/h2-12,17,24H,1,13-15H2. The van der Waals surface area contributed by atoms with Crippen molar-refractivity contribution < 1.29 is 0 Å². The third-order valence-corrected chi connectivity index (χ3v) is 5.37. The molecule has 126 valence electrons. The van der Waals surface area contributed by atoms with Crippen LogP contribution in [0.4, 0.5) is 0 Å². The zero-order valence-corrected chi connectivity index (χ0v) is 15.7. The Kier molecular flexibility index (Phi) is 4.60. The number of halogens is 1. The van der Waals surface area contributed by atoms with Gasteiger partial charge in [-0.3, -0.25) is 4.90 Å². The number of fused-ring (bicyclic) bond motifs is 1. The molecule has 0 spiro atoms. The van der Waals surface area contributed by atoms with Crippen LogP contribution in [0.3, 0.4) is 0 Å². The highest BCUT2D eigenvalue weighted by Crippen LogP contribution is 2.33. The Hall–Kier alpha value is -2.10. The lowest BCUT2D eigenvalue weighted by molar-refractivity contribution is 0.233. The molecule has 0 radical (unpaired) electrons. The zero-order valence-electron chi connectivity index (χ0n) is 14.1. The van der Waals surface area contributed by atoms with Gasteiger partial charge in [-0.15, -0.1) is 6.58 Å². The van der Waals surface area contributed by atoms with E-state index >= 15 is 0 Å². The lowest BCUT2D eigenvalue weighted by Crippen LogP contribution is -2.32. The van der Waals surface area contributed by atoms with E-state index in [4.69, 9.17) is 0 Å². The van der Waals surface area contributed by atoms with Crippen LogP contribution in [0.15, 0.2) is 77.8 Å². The van der Waals surface area contributed by atoms with Gasteiger partial charge in [0.2, 0.25) is 0 Å². The molecule has 2 nitrogen and oxygen atoms in total. The molecule has 1 aromatic heterocycles. The Balaban J connectivity index is 1.61. The first-order chi connectivity index (χ1) is 12.2. The van der Waals surface area contributed by atoms with Crippen molar-refractivity contribution in [2.45, 2.75) is 19.0 Å². The summed E-state index contributed by atoms with van der Waals surface area (Å²) in [6.45, 7) is 7.02. The molecule has 0 fully saturated rings. The van der Waals surface area contributed by atoms with E-state index in [2.05, 4.69) is 99.1 Å². The third kappa shape index (κ3) is 3.48. The van der Waals surface area contributed by atoms with Crippen molar-refractivity contribution in [3.8, 4) is 11.3 Å². The number of aromatic amines is 1. The molecule has 1 aliphatic heterocycles. The minimum atomic E-state index is 0.344. The van der Waals surface area contributed by atoms with Crippen molar-refractivity contribution in [1.29, 1.82) is 0 Å². The Bertz CT molecular complexity index is 865. The zero-order chi connectivity index (χ0) is 17.2. The molecule has 25 heavy (non-hydrogen) atoms. The molecule has 2 aromatic carbocycles. The number of nitrogens with zero attached hydrogens (tertiary/aromatic N) is 1. The van der Waals surface area contributed by atoms with Crippen LogP contribution >= 0.6 is 15.9 Å². The van der Waals surface area contributed by atoms with E-state index in [1.165, 1.54) is 28.1 Å². The van der Waals surface area contributed by atoms with Gasteiger partial charge in [-0.2, -0.15) is 0 Å². The fourth-order valence-corrected chi connectivity index (χ4v) is 3.85. The lowest BCUT2D eigenvalue weighted by Gasteiger charge is -2.31. The summed E-state index contributed by atoms with van der Waals surface area (Å²) >= 11 is 3.51. The number of hydrogen-bond donors (Lipinski definition) is 1. The number of benzene rings is 2. The van der Waals surface area contributed by atoms with Crippen molar-refractivity contribution in [2.75, 3.05) is 6.54 Å². The molecule has 0 amide bonds. The van der Waals surface area contributed by atoms with Crippen LogP contribution in [0.25, 0.3) is 11.3 Å². The molecule has 3 aromatic rings. The molecule has 0 saturated carbocycles. The Morgan fingerprint density at radius 3 is 2.60 bits per heavy atom. The van der Waals surface area contributed by atoms with E-state index in [1.54, 1.807) is 0 Å². The highest BCUT2D eigenvalue weighted by atomic mass is 79.9. The number of hydrogen-bond acceptors (Lipinski definition) is 1. The topological polar surface area (TPSA) is 19.0 Å². The van der Waals surface area contributed by atoms with Gasteiger partial charge in [0, 0.05) is 41.4 Å². The predicted molar refractivity (Wildman–Crippen MR) is 107 cm³/mol. The molecular formula is C22H21BrN2. The van der Waals surface area contributed by atoms with Crippen LogP contribution in [-0.4, -0.2) is 16.4 Å². The molecule has 1 aliphatic rings. The van der Waals surface area contributed by atoms with Crippen LogP contribution in [0, 0.1) is 0 Å². The van der Waals surface area contributed by atoms with E-state index in [9.17, 15) is 0 Å². The number of rotatable bonds is 4. The minimum Gasteiger partial charge on any atom is -0.358 e. The fraction of sp³-hybridized carbons (Fsp3) is 0.182. The first-order valence-electron chi connectivity index (χ1n) is 8.59. The second kappa shape index (κ2) is 7.03. The highest BCUT2D eigenvalue weighted by molar-refractivity contribution is 9.10. The summed E-state index contributed by atoms with van der Waals surface area (Å²) < 4.78 is 1.10. The van der Waals surface area contributed by atoms with Crippen LogP contribution in [0.2, 0.25) is 0 Å². The average Bonchev–Trinajstić information content (AvgIpc) is 3.06. The van der Waals surface area contributed by atoms with E-state index in [-0.39, 0.29) is 0 Å². The van der Waals surface area contributed by atoms with Crippen LogP contribution < -0.4 is 0 Å². The summed E-state index contributed by atoms with van der Waals surface area (Å²) in [5.41, 5.74) is 6.46. The monoisotopic (exact) mass is 392 g/mol. The van der Waals surface area contributed by atoms with Crippen molar-refractivity contribution >= 4 is 15.9 Å². The van der Waals surface area contributed by atoms with Gasteiger partial charge >= 0.3 is 0 Å². The molecule has 1 atom stereocenters. The molecule has 1 N–H and O–H groups in total. The summed E-state index contributed by atoms with van der Waals surface area (Å²) in [5.74, 6) is 0.344. The van der Waals surface area contributed by atoms with Crippen LogP contribution in [0.1, 0.15) is 22.7 Å². The van der Waals surface area contributed by atoms with Crippen molar-refractivity contribution in [3.63, 3.8) is 0 Å². The summed E-state index contributed by atoms with van der Waals surface area (Å²) in [4.78, 5) is 6.14. The average molecular weight is 393 g/mol. The second-order valence-electron chi connectivity index (χ2n) is 6.63. The van der Waals surface area contributed by atoms with E-state index in [1.807, 2.05) is 0 Å². The predicted octanol–water partition coefficient (Wildman–Crippen LogP) is 5.73. The smallest absolute Gasteiger partial charge is 0.0459 e. The van der Waals surface area contributed by atoms with E-state index in [0.29, 0.717) is 5.92 Å². The van der Waals surface area contributed by atoms with Crippen LogP contribution in [0.5, 0.6) is 0 Å². The van der Waals surface area contributed by atoms with Gasteiger partial charge in [0.15, 0.2) is 0 Å². The van der Waals surface area contributed by atoms with Crippen molar-refractivity contribution in [3.05, 3.63) is 94.6 Å². The number of H-pyrrole nitrogens is 1. The van der Waals surface area contributed by atoms with Gasteiger partial charge in [-0.1, -0.05) is 64.5 Å². The summed E-state index contributed by atoms with van der Waals surface area (Å²) in [7, 11) is 0. The first kappa shape index (κ1) is 16.4. The fourth-order valence-electron chi connectivity index (χ4n) is 3.59. The maximum Gasteiger partial charge on any atom is 0.0459 e. The molecule has 0 aliphatic carbocycles. The van der Waals surface area contributed by atoms with E-state index < -0.39 is 0 Å². The molecule has 0 saturated heterocycles. The molecule has 0 bridgehead atoms. The largest absolute Gasteiger partial charge is 0.358 e. The summed E-state index contributed by atoms with van der Waals surface area (Å²) in [5, 5.41) is 0. The van der Waals surface area contributed by atoms with Gasteiger partial charge in [-0.25, -0.2) is 0 Å². The Labute approximate surface area is 157 Å². The minimum absolute atomic E-state index is 0.344. The molecular weight excluding hydrogens is 372 g/mol.